The molecule has 17 heavy (non-hydrogen) atoms. The maximum absolute atomic E-state index is 13.7. The van der Waals surface area contributed by atoms with Gasteiger partial charge in [-0.25, -0.2) is 4.39 Å². The molecule has 4 nitrogen and oxygen atoms in total. The van der Waals surface area contributed by atoms with E-state index >= 15 is 0 Å². The number of pyridine rings is 1. The maximum Gasteiger partial charge on any atom is 0.146 e. The lowest BCUT2D eigenvalue weighted by Crippen LogP contribution is -2.38. The summed E-state index contributed by atoms with van der Waals surface area (Å²) >= 11 is 0. The van der Waals surface area contributed by atoms with Gasteiger partial charge in [0.25, 0.3) is 0 Å². The molecule has 0 spiro atoms. The van der Waals surface area contributed by atoms with Crippen LogP contribution in [0.15, 0.2) is 18.5 Å². The Labute approximate surface area is 99.3 Å². The van der Waals surface area contributed by atoms with Crippen molar-refractivity contribution in [1.29, 1.82) is 0 Å². The third kappa shape index (κ3) is 1.84. The van der Waals surface area contributed by atoms with Crippen LogP contribution in [-0.2, 0) is 4.74 Å². The number of halogens is 1. The van der Waals surface area contributed by atoms with E-state index < -0.39 is 0 Å². The van der Waals surface area contributed by atoms with E-state index in [2.05, 4.69) is 10.4 Å². The molecule has 0 aliphatic carbocycles. The summed E-state index contributed by atoms with van der Waals surface area (Å²) in [5.74, 6) is 5.55. The van der Waals surface area contributed by atoms with E-state index in [-0.39, 0.29) is 23.9 Å². The molecule has 3 N–H and O–H groups in total. The van der Waals surface area contributed by atoms with Gasteiger partial charge in [0.05, 0.1) is 24.4 Å². The van der Waals surface area contributed by atoms with Crippen molar-refractivity contribution in [3.63, 3.8) is 0 Å². The van der Waals surface area contributed by atoms with Gasteiger partial charge >= 0.3 is 0 Å². The zero-order chi connectivity index (χ0) is 11.8. The highest BCUT2D eigenvalue weighted by molar-refractivity contribution is 5.19. The summed E-state index contributed by atoms with van der Waals surface area (Å²) in [4.78, 5) is 3.76. The molecule has 0 saturated carbocycles. The maximum atomic E-state index is 13.7. The average Bonchev–Trinajstić information content (AvgIpc) is 2.95. The molecule has 4 atom stereocenters. The molecule has 3 rings (SSSR count). The fourth-order valence-corrected chi connectivity index (χ4v) is 3.11. The van der Waals surface area contributed by atoms with Crippen molar-refractivity contribution >= 4 is 0 Å². The first-order valence-corrected chi connectivity index (χ1v) is 6.00. The Hall–Kier alpha value is -1.04. The van der Waals surface area contributed by atoms with Crippen LogP contribution in [0.4, 0.5) is 4.39 Å². The molecule has 0 amide bonds. The lowest BCUT2D eigenvalue weighted by molar-refractivity contribution is 0.0854. The Bertz CT molecular complexity index is 414. The summed E-state index contributed by atoms with van der Waals surface area (Å²) < 4.78 is 19.5. The second kappa shape index (κ2) is 4.33. The highest BCUT2D eigenvalue weighted by Gasteiger charge is 2.45. The fraction of sp³-hybridized carbons (Fsp3) is 0.583. The molecular weight excluding hydrogens is 221 g/mol. The molecule has 2 bridgehead atoms. The normalized spacial score (nSPS) is 32.9. The third-order valence-electron chi connectivity index (χ3n) is 3.90. The van der Waals surface area contributed by atoms with Crippen LogP contribution in [0.2, 0.25) is 0 Å². The van der Waals surface area contributed by atoms with Crippen LogP contribution in [-0.4, -0.2) is 17.2 Å². The number of fused-ring (bicyclic) bond motifs is 2. The van der Waals surface area contributed by atoms with Gasteiger partial charge in [0.1, 0.15) is 5.82 Å². The second-order valence-corrected chi connectivity index (χ2v) is 4.81. The zero-order valence-electron chi connectivity index (χ0n) is 9.47. The van der Waals surface area contributed by atoms with Crippen LogP contribution < -0.4 is 11.3 Å². The first-order chi connectivity index (χ1) is 8.29. The van der Waals surface area contributed by atoms with Gasteiger partial charge in [-0.1, -0.05) is 0 Å². The predicted octanol–water partition coefficient (Wildman–Crippen LogP) is 1.29. The number of nitrogens with two attached hydrogens (primary N) is 1. The molecule has 2 fully saturated rings. The van der Waals surface area contributed by atoms with Gasteiger partial charge in [0.15, 0.2) is 0 Å². The molecule has 0 radical (unpaired) electrons. The smallest absolute Gasteiger partial charge is 0.146 e. The molecule has 1 aromatic heterocycles. The highest BCUT2D eigenvalue weighted by Crippen LogP contribution is 2.44. The predicted molar refractivity (Wildman–Crippen MR) is 60.3 cm³/mol. The summed E-state index contributed by atoms with van der Waals surface area (Å²) in [5, 5.41) is 0. The van der Waals surface area contributed by atoms with E-state index in [1.165, 1.54) is 6.20 Å². The molecule has 2 aliphatic heterocycles. The van der Waals surface area contributed by atoms with Crippen molar-refractivity contribution in [1.82, 2.24) is 10.4 Å². The topological polar surface area (TPSA) is 60.2 Å². The molecule has 3 heterocycles. The van der Waals surface area contributed by atoms with Crippen molar-refractivity contribution in [2.24, 2.45) is 11.8 Å². The Kier molecular flexibility index (Phi) is 2.82. The minimum atomic E-state index is -0.307. The van der Waals surface area contributed by atoms with Crippen LogP contribution >= 0.6 is 0 Å². The standard InChI is InChI=1S/C12H16FN3O/c13-10-6-15-4-3-8(10)12(16-14)9-5-7-1-2-11(9)17-7/h3-4,6-7,9,11-12,16H,1-2,5,14H2. The highest BCUT2D eigenvalue weighted by atomic mass is 19.1. The summed E-state index contributed by atoms with van der Waals surface area (Å²) in [6, 6.07) is 1.50. The van der Waals surface area contributed by atoms with Crippen LogP contribution in [0.3, 0.4) is 0 Å². The van der Waals surface area contributed by atoms with Gasteiger partial charge in [0.2, 0.25) is 0 Å². The SMILES string of the molecule is NNC(c1ccncc1F)C1CC2CCC1O2. The van der Waals surface area contributed by atoms with E-state index in [0.29, 0.717) is 11.7 Å². The summed E-state index contributed by atoms with van der Waals surface area (Å²) in [5.41, 5.74) is 3.32. The minimum Gasteiger partial charge on any atom is -0.375 e. The van der Waals surface area contributed by atoms with Crippen molar-refractivity contribution in [3.8, 4) is 0 Å². The number of ether oxygens (including phenoxy) is 1. The minimum absolute atomic E-state index is 0.187. The van der Waals surface area contributed by atoms with Crippen LogP contribution in [0.25, 0.3) is 0 Å². The quantitative estimate of drug-likeness (QED) is 0.614. The number of nitrogens with one attached hydrogen (secondary N) is 1. The molecule has 5 heteroatoms. The van der Waals surface area contributed by atoms with Gasteiger partial charge in [0, 0.05) is 17.7 Å². The van der Waals surface area contributed by atoms with Gasteiger partial charge in [-0.15, -0.1) is 0 Å². The van der Waals surface area contributed by atoms with Gasteiger partial charge < -0.3 is 4.74 Å². The van der Waals surface area contributed by atoms with Gasteiger partial charge in [-0.05, 0) is 25.3 Å². The number of hydrogen-bond donors (Lipinski definition) is 2. The lowest BCUT2D eigenvalue weighted by atomic mass is 9.81. The molecular formula is C12H16FN3O. The Morgan fingerprint density at radius 1 is 1.53 bits per heavy atom. The van der Waals surface area contributed by atoms with Crippen LogP contribution in [0, 0.1) is 11.7 Å². The molecule has 0 aromatic carbocycles. The molecule has 92 valence electrons. The monoisotopic (exact) mass is 237 g/mol. The summed E-state index contributed by atoms with van der Waals surface area (Å²) in [6.07, 6.45) is 6.52. The average molecular weight is 237 g/mol. The van der Waals surface area contributed by atoms with E-state index in [1.807, 2.05) is 0 Å². The molecule has 4 unspecified atom stereocenters. The summed E-state index contributed by atoms with van der Waals surface area (Å²) in [6.45, 7) is 0. The Morgan fingerprint density at radius 2 is 2.41 bits per heavy atom. The number of nitrogens with zero attached hydrogens (tertiary/aromatic N) is 1. The number of hydrogen-bond acceptors (Lipinski definition) is 4. The third-order valence-corrected chi connectivity index (χ3v) is 3.90. The van der Waals surface area contributed by atoms with E-state index in [9.17, 15) is 4.39 Å². The number of aromatic nitrogens is 1. The lowest BCUT2D eigenvalue weighted by Gasteiger charge is -2.28. The van der Waals surface area contributed by atoms with Crippen LogP contribution in [0.1, 0.15) is 30.9 Å². The number of rotatable bonds is 3. The Morgan fingerprint density at radius 3 is 3.00 bits per heavy atom. The van der Waals surface area contributed by atoms with E-state index in [0.717, 1.165) is 19.3 Å². The van der Waals surface area contributed by atoms with Crippen molar-refractivity contribution in [2.45, 2.75) is 37.5 Å². The second-order valence-electron chi connectivity index (χ2n) is 4.81. The molecule has 2 aliphatic rings. The van der Waals surface area contributed by atoms with Gasteiger partial charge in [-0.2, -0.15) is 0 Å². The number of hydrazine groups is 1. The molecule has 1 aromatic rings. The Balaban J connectivity index is 1.87. The van der Waals surface area contributed by atoms with E-state index in [4.69, 9.17) is 10.6 Å². The first kappa shape index (κ1) is 11.1. The van der Waals surface area contributed by atoms with Crippen molar-refractivity contribution in [3.05, 3.63) is 29.8 Å². The fourth-order valence-electron chi connectivity index (χ4n) is 3.11. The van der Waals surface area contributed by atoms with Crippen LogP contribution in [0.5, 0.6) is 0 Å². The molecule has 2 saturated heterocycles. The van der Waals surface area contributed by atoms with Gasteiger partial charge in [-0.3, -0.25) is 16.3 Å². The zero-order valence-corrected chi connectivity index (χ0v) is 9.47. The largest absolute Gasteiger partial charge is 0.375 e. The van der Waals surface area contributed by atoms with E-state index in [1.54, 1.807) is 12.3 Å². The first-order valence-electron chi connectivity index (χ1n) is 6.00. The van der Waals surface area contributed by atoms with Crippen molar-refractivity contribution in [2.75, 3.05) is 0 Å². The van der Waals surface area contributed by atoms with Crippen molar-refractivity contribution < 1.29 is 9.13 Å². The summed E-state index contributed by atoms with van der Waals surface area (Å²) in [7, 11) is 0.